The van der Waals surface area contributed by atoms with E-state index in [0.717, 1.165) is 37.1 Å². The lowest BCUT2D eigenvalue weighted by Crippen LogP contribution is -2.50. The molecule has 2 aliphatic heterocycles. The van der Waals surface area contributed by atoms with E-state index in [2.05, 4.69) is 36.5 Å². The van der Waals surface area contributed by atoms with Gasteiger partial charge in [-0.2, -0.15) is 10.2 Å². The molecule has 1 amide bonds. The molecule has 2 aliphatic rings. The molecule has 3 N–H and O–H groups in total. The van der Waals surface area contributed by atoms with Gasteiger partial charge in [0, 0.05) is 61.8 Å². The Morgan fingerprint density at radius 3 is 2.76 bits per heavy atom. The Labute approximate surface area is 197 Å². The van der Waals surface area contributed by atoms with Crippen LogP contribution in [-0.4, -0.2) is 75.7 Å². The fourth-order valence-electron chi connectivity index (χ4n) is 4.82. The van der Waals surface area contributed by atoms with Crippen molar-refractivity contribution in [2.45, 2.75) is 57.2 Å². The molecule has 0 spiro atoms. The Morgan fingerprint density at radius 1 is 1.36 bits per heavy atom. The molecule has 0 saturated carbocycles. The van der Waals surface area contributed by atoms with Crippen LogP contribution in [0.25, 0.3) is 0 Å². The van der Waals surface area contributed by atoms with E-state index < -0.39 is 0 Å². The molecular weight excluding hydrogens is 440 g/mol. The van der Waals surface area contributed by atoms with E-state index in [1.807, 2.05) is 14.0 Å². The van der Waals surface area contributed by atoms with E-state index in [-0.39, 0.29) is 30.8 Å². The minimum atomic E-state index is -0.356. The van der Waals surface area contributed by atoms with Gasteiger partial charge >= 0.3 is 0 Å². The second-order valence-electron chi connectivity index (χ2n) is 8.59. The van der Waals surface area contributed by atoms with Crippen molar-refractivity contribution >= 4 is 34.1 Å². The predicted octanol–water partition coefficient (Wildman–Crippen LogP) is 2.05. The second kappa shape index (κ2) is 10.4. The molecule has 2 fully saturated rings. The third-order valence-electron chi connectivity index (χ3n) is 6.41. The highest BCUT2D eigenvalue weighted by atomic mass is 32.1. The zero-order chi connectivity index (χ0) is 23.4. The summed E-state index contributed by atoms with van der Waals surface area (Å²) in [4.78, 5) is 31.8. The van der Waals surface area contributed by atoms with Crippen molar-refractivity contribution in [1.82, 2.24) is 25.2 Å². The van der Waals surface area contributed by atoms with Crippen molar-refractivity contribution in [3.05, 3.63) is 22.8 Å². The number of hydrogen-bond donors (Lipinski definition) is 3. The molecule has 1 unspecified atom stereocenters. The van der Waals surface area contributed by atoms with Crippen molar-refractivity contribution in [3.63, 3.8) is 0 Å². The van der Waals surface area contributed by atoms with Gasteiger partial charge in [0.2, 0.25) is 5.95 Å². The van der Waals surface area contributed by atoms with Crippen LogP contribution in [0.15, 0.2) is 12.3 Å². The van der Waals surface area contributed by atoms with Gasteiger partial charge in [-0.05, 0) is 32.6 Å². The molecule has 33 heavy (non-hydrogen) atoms. The van der Waals surface area contributed by atoms with E-state index in [1.54, 1.807) is 12.3 Å². The third-order valence-corrected chi connectivity index (χ3v) is 7.23. The number of amides is 1. The number of carbonyl (C=O) groups is 1. The van der Waals surface area contributed by atoms with Crippen molar-refractivity contribution in [1.29, 1.82) is 5.26 Å². The smallest absolute Gasteiger partial charge is 0.270 e. The van der Waals surface area contributed by atoms with Crippen molar-refractivity contribution in [2.24, 2.45) is 0 Å². The number of rotatable bonds is 9. The topological polar surface area (TPSA) is 130 Å². The molecule has 2 aromatic heterocycles. The lowest BCUT2D eigenvalue weighted by Gasteiger charge is -2.42. The predicted molar refractivity (Wildman–Crippen MR) is 127 cm³/mol. The van der Waals surface area contributed by atoms with Crippen LogP contribution in [0.4, 0.5) is 16.9 Å². The summed E-state index contributed by atoms with van der Waals surface area (Å²) in [6.45, 7) is 2.83. The number of anilines is 3. The van der Waals surface area contributed by atoms with Gasteiger partial charge in [0.15, 0.2) is 5.13 Å². The van der Waals surface area contributed by atoms with Gasteiger partial charge in [-0.1, -0.05) is 0 Å². The van der Waals surface area contributed by atoms with E-state index in [9.17, 15) is 4.79 Å². The first-order chi connectivity index (χ1) is 16.0. The number of aliphatic hydroxyl groups is 1. The summed E-state index contributed by atoms with van der Waals surface area (Å²) in [6, 6.07) is 5.07. The molecule has 10 nitrogen and oxygen atoms in total. The van der Waals surface area contributed by atoms with Crippen LogP contribution in [-0.2, 0) is 0 Å². The Balaban J connectivity index is 1.55. The summed E-state index contributed by atoms with van der Waals surface area (Å²) in [7, 11) is 1.98. The van der Waals surface area contributed by atoms with Gasteiger partial charge in [-0.25, -0.2) is 9.97 Å². The van der Waals surface area contributed by atoms with Crippen molar-refractivity contribution in [3.8, 4) is 6.07 Å². The molecule has 0 aliphatic carbocycles. The Hall–Kier alpha value is -2.81. The quantitative estimate of drug-likeness (QED) is 0.504. The number of fused-ring (bicyclic) bond motifs is 2. The highest BCUT2D eigenvalue weighted by molar-refractivity contribution is 7.15. The normalized spacial score (nSPS) is 22.1. The van der Waals surface area contributed by atoms with Crippen LogP contribution in [0.1, 0.15) is 47.5 Å². The SMILES string of the molecule is Cc1cnc(Nc2cc(C(=O)NCCO)nc(N(C)C3C[C@H]4CC[C@@H](C3)N4CCC#N)n2)s1. The number of hydrogen-bond acceptors (Lipinski definition) is 10. The number of aryl methyl sites for hydroxylation is 1. The standard InChI is InChI=1S/C22H30N8O2S/c1-14-13-25-22(33-14)28-19-12-18(20(32)24-7-9-31)26-21(27-19)29(2)17-10-15-4-5-16(11-17)30(15)8-3-6-23/h12-13,15-17,31H,3-5,7-11H2,1-2H3,(H,24,32)(H,25,26,27,28)/t15-,16+,17?. The first-order valence-corrected chi connectivity index (χ1v) is 12.1. The summed E-state index contributed by atoms with van der Waals surface area (Å²) in [5.74, 6) is 0.632. The van der Waals surface area contributed by atoms with Crippen LogP contribution < -0.4 is 15.5 Å². The number of aliphatic hydroxyl groups excluding tert-OH is 1. The number of piperidine rings is 1. The molecule has 2 aromatic rings. The molecule has 0 radical (unpaired) electrons. The molecule has 176 valence electrons. The van der Waals surface area contributed by atoms with Gasteiger partial charge in [-0.15, -0.1) is 11.3 Å². The molecule has 0 aromatic carbocycles. The highest BCUT2D eigenvalue weighted by Crippen LogP contribution is 2.38. The number of aromatic nitrogens is 3. The van der Waals surface area contributed by atoms with Crippen LogP contribution >= 0.6 is 11.3 Å². The minimum absolute atomic E-state index is 0.139. The van der Waals surface area contributed by atoms with Gasteiger partial charge in [-0.3, -0.25) is 9.69 Å². The number of thiazole rings is 1. The summed E-state index contributed by atoms with van der Waals surface area (Å²) in [6.07, 6.45) is 6.62. The first kappa shape index (κ1) is 23.4. The fraction of sp³-hybridized carbons (Fsp3) is 0.591. The van der Waals surface area contributed by atoms with Crippen LogP contribution in [0, 0.1) is 18.3 Å². The second-order valence-corrected chi connectivity index (χ2v) is 9.82. The zero-order valence-electron chi connectivity index (χ0n) is 19.0. The summed E-state index contributed by atoms with van der Waals surface area (Å²) < 4.78 is 0. The largest absolute Gasteiger partial charge is 0.395 e. The van der Waals surface area contributed by atoms with Gasteiger partial charge in [0.25, 0.3) is 5.91 Å². The fourth-order valence-corrected chi connectivity index (χ4v) is 5.50. The Kier molecular flexibility index (Phi) is 7.37. The molecule has 2 saturated heterocycles. The van der Waals surface area contributed by atoms with Gasteiger partial charge < -0.3 is 20.6 Å². The molecule has 2 bridgehead atoms. The lowest BCUT2D eigenvalue weighted by molar-refractivity contribution is 0.0939. The summed E-state index contributed by atoms with van der Waals surface area (Å²) in [5.41, 5.74) is 0.241. The summed E-state index contributed by atoms with van der Waals surface area (Å²) in [5, 5.41) is 24.6. The van der Waals surface area contributed by atoms with E-state index in [4.69, 9.17) is 15.4 Å². The lowest BCUT2D eigenvalue weighted by atomic mass is 9.96. The molecule has 11 heteroatoms. The number of nitrogens with zero attached hydrogens (tertiary/aromatic N) is 6. The summed E-state index contributed by atoms with van der Waals surface area (Å²) >= 11 is 1.51. The third kappa shape index (κ3) is 5.40. The van der Waals surface area contributed by atoms with E-state index >= 15 is 0 Å². The molecule has 4 heterocycles. The minimum Gasteiger partial charge on any atom is -0.395 e. The maximum atomic E-state index is 12.6. The van der Waals surface area contributed by atoms with Crippen LogP contribution in [0.2, 0.25) is 0 Å². The van der Waals surface area contributed by atoms with Gasteiger partial charge in [0.05, 0.1) is 12.7 Å². The molecular formula is C22H30N8O2S. The molecule has 3 atom stereocenters. The van der Waals surface area contributed by atoms with Gasteiger partial charge in [0.1, 0.15) is 11.5 Å². The average molecular weight is 471 g/mol. The molecule has 4 rings (SSSR count). The first-order valence-electron chi connectivity index (χ1n) is 11.3. The Morgan fingerprint density at radius 2 is 2.12 bits per heavy atom. The number of nitriles is 1. The monoisotopic (exact) mass is 470 g/mol. The zero-order valence-corrected chi connectivity index (χ0v) is 19.8. The number of carbonyl (C=O) groups excluding carboxylic acids is 1. The van der Waals surface area contributed by atoms with Crippen LogP contribution in [0.5, 0.6) is 0 Å². The van der Waals surface area contributed by atoms with E-state index in [1.165, 1.54) is 11.3 Å². The Bertz CT molecular complexity index is 1010. The van der Waals surface area contributed by atoms with Crippen molar-refractivity contribution in [2.75, 3.05) is 37.0 Å². The highest BCUT2D eigenvalue weighted by Gasteiger charge is 2.42. The van der Waals surface area contributed by atoms with E-state index in [0.29, 0.717) is 35.4 Å². The maximum absolute atomic E-state index is 12.6. The van der Waals surface area contributed by atoms with Crippen molar-refractivity contribution < 1.29 is 9.90 Å². The van der Waals surface area contributed by atoms with Crippen LogP contribution in [0.3, 0.4) is 0 Å². The maximum Gasteiger partial charge on any atom is 0.270 e. The number of nitrogens with one attached hydrogen (secondary N) is 2. The average Bonchev–Trinajstić information content (AvgIpc) is 3.32.